The zero-order chi connectivity index (χ0) is 13.8. The zero-order valence-corrected chi connectivity index (χ0v) is 11.2. The van der Waals surface area contributed by atoms with Gasteiger partial charge in [0.15, 0.2) is 0 Å². The summed E-state index contributed by atoms with van der Waals surface area (Å²) in [6.45, 7) is 2.07. The average Bonchev–Trinajstić information content (AvgIpc) is 2.28. The highest BCUT2D eigenvalue weighted by atomic mass is 32.2. The van der Waals surface area contributed by atoms with Crippen LogP contribution in [0.3, 0.4) is 0 Å². The normalized spacial score (nSPS) is 29.2. The predicted octanol–water partition coefficient (Wildman–Crippen LogP) is 4.30. The van der Waals surface area contributed by atoms with E-state index in [2.05, 4.69) is 6.92 Å². The van der Waals surface area contributed by atoms with Crippen LogP contribution in [0.15, 0.2) is 0 Å². The maximum absolute atomic E-state index is 12.1. The second-order valence-corrected chi connectivity index (χ2v) is 6.14. The van der Waals surface area contributed by atoms with Crippen molar-refractivity contribution in [2.75, 3.05) is 5.75 Å². The zero-order valence-electron chi connectivity index (χ0n) is 10.4. The number of rotatable bonds is 5. The number of thioether (sulfide) groups is 1. The van der Waals surface area contributed by atoms with Gasteiger partial charge in [-0.25, -0.2) is 0 Å². The van der Waals surface area contributed by atoms with Gasteiger partial charge >= 0.3 is 11.5 Å². The van der Waals surface area contributed by atoms with Gasteiger partial charge in [0.2, 0.25) is 0 Å². The molecule has 18 heavy (non-hydrogen) atoms. The van der Waals surface area contributed by atoms with Crippen molar-refractivity contribution in [3.8, 4) is 0 Å². The van der Waals surface area contributed by atoms with Gasteiger partial charge in [0.25, 0.3) is 0 Å². The summed E-state index contributed by atoms with van der Waals surface area (Å²) in [5, 5.41) is 9.29. The first-order valence-electron chi connectivity index (χ1n) is 6.23. The molecule has 1 aliphatic carbocycles. The second kappa shape index (κ2) is 6.17. The summed E-state index contributed by atoms with van der Waals surface area (Å²) >= 11 is -0.114. The number of carboxylic acid groups (broad SMARTS) is 1. The first-order valence-corrected chi connectivity index (χ1v) is 7.22. The number of carbonyl (C=O) groups is 1. The number of hydrogen-bond donors (Lipinski definition) is 1. The van der Waals surface area contributed by atoms with Gasteiger partial charge < -0.3 is 5.11 Å². The maximum Gasteiger partial charge on any atom is 0.441 e. The van der Waals surface area contributed by atoms with Crippen LogP contribution in [0.5, 0.6) is 0 Å². The molecule has 0 aromatic heterocycles. The van der Waals surface area contributed by atoms with Crippen LogP contribution in [0.4, 0.5) is 13.2 Å². The molecule has 0 bridgehead atoms. The molecule has 0 unspecified atom stereocenters. The molecule has 0 aromatic carbocycles. The standard InChI is InChI=1S/C12H19F3O2S/c1-2-9-3-5-11(6-4-9,10(16)17)7-8-18-12(13,14)15/h9H,2-8H2,1H3,(H,16,17). The molecule has 0 aliphatic heterocycles. The minimum absolute atomic E-state index is 0.114. The van der Waals surface area contributed by atoms with E-state index in [1.807, 2.05) is 0 Å². The van der Waals surface area contributed by atoms with Crippen molar-refractivity contribution in [1.29, 1.82) is 0 Å². The van der Waals surface area contributed by atoms with Crippen LogP contribution < -0.4 is 0 Å². The van der Waals surface area contributed by atoms with E-state index < -0.39 is 16.9 Å². The van der Waals surface area contributed by atoms with Gasteiger partial charge in [-0.1, -0.05) is 25.1 Å². The van der Waals surface area contributed by atoms with Crippen LogP contribution in [0.25, 0.3) is 0 Å². The van der Waals surface area contributed by atoms with Crippen molar-refractivity contribution in [2.45, 2.75) is 51.0 Å². The van der Waals surface area contributed by atoms with Crippen LogP contribution in [0.2, 0.25) is 0 Å². The van der Waals surface area contributed by atoms with Crippen LogP contribution in [-0.2, 0) is 4.79 Å². The monoisotopic (exact) mass is 284 g/mol. The van der Waals surface area contributed by atoms with E-state index in [4.69, 9.17) is 0 Å². The quantitative estimate of drug-likeness (QED) is 0.817. The molecule has 1 aliphatic rings. The van der Waals surface area contributed by atoms with Crippen LogP contribution in [0, 0.1) is 11.3 Å². The molecule has 1 saturated carbocycles. The van der Waals surface area contributed by atoms with Gasteiger partial charge in [-0.05, 0) is 38.0 Å². The first-order chi connectivity index (χ1) is 8.29. The van der Waals surface area contributed by atoms with Crippen LogP contribution in [-0.4, -0.2) is 22.3 Å². The lowest BCUT2D eigenvalue weighted by Gasteiger charge is -2.36. The highest BCUT2D eigenvalue weighted by Gasteiger charge is 2.42. The Bertz CT molecular complexity index is 284. The van der Waals surface area contributed by atoms with E-state index in [-0.39, 0.29) is 23.9 Å². The number of hydrogen-bond acceptors (Lipinski definition) is 2. The second-order valence-electron chi connectivity index (χ2n) is 4.98. The SMILES string of the molecule is CCC1CCC(CCSC(F)(F)F)(C(=O)O)CC1. The summed E-state index contributed by atoms with van der Waals surface area (Å²) < 4.78 is 36.2. The predicted molar refractivity (Wildman–Crippen MR) is 65.4 cm³/mol. The first kappa shape index (κ1) is 15.7. The van der Waals surface area contributed by atoms with Crippen molar-refractivity contribution >= 4 is 17.7 Å². The molecule has 2 nitrogen and oxygen atoms in total. The smallest absolute Gasteiger partial charge is 0.441 e. The number of carboxylic acids is 1. The lowest BCUT2D eigenvalue weighted by atomic mass is 9.68. The Morgan fingerprint density at radius 1 is 1.39 bits per heavy atom. The van der Waals surface area contributed by atoms with E-state index in [9.17, 15) is 23.1 Å². The largest absolute Gasteiger partial charge is 0.481 e. The lowest BCUT2D eigenvalue weighted by Crippen LogP contribution is -2.36. The van der Waals surface area contributed by atoms with Crippen molar-refractivity contribution < 1.29 is 23.1 Å². The van der Waals surface area contributed by atoms with Gasteiger partial charge in [-0.3, -0.25) is 4.79 Å². The number of alkyl halides is 3. The molecule has 0 atom stereocenters. The van der Waals surface area contributed by atoms with E-state index in [1.54, 1.807) is 0 Å². The van der Waals surface area contributed by atoms with Gasteiger partial charge in [0.1, 0.15) is 0 Å². The van der Waals surface area contributed by atoms with Crippen LogP contribution >= 0.6 is 11.8 Å². The van der Waals surface area contributed by atoms with Gasteiger partial charge in [0.05, 0.1) is 5.41 Å². The molecule has 0 heterocycles. The third-order valence-electron chi connectivity index (χ3n) is 3.94. The third kappa shape index (κ3) is 4.37. The molecular weight excluding hydrogens is 265 g/mol. The van der Waals surface area contributed by atoms with E-state index in [1.165, 1.54) is 0 Å². The molecule has 6 heteroatoms. The van der Waals surface area contributed by atoms with Gasteiger partial charge in [-0.15, -0.1) is 0 Å². The van der Waals surface area contributed by atoms with E-state index in [0.717, 1.165) is 19.3 Å². The fourth-order valence-corrected chi connectivity index (χ4v) is 3.30. The minimum Gasteiger partial charge on any atom is -0.481 e. The fraction of sp³-hybridized carbons (Fsp3) is 0.917. The number of halogens is 3. The Hall–Kier alpha value is -0.390. The average molecular weight is 284 g/mol. The van der Waals surface area contributed by atoms with Crippen molar-refractivity contribution in [1.82, 2.24) is 0 Å². The summed E-state index contributed by atoms with van der Waals surface area (Å²) in [7, 11) is 0. The fourth-order valence-electron chi connectivity index (χ4n) is 2.57. The topological polar surface area (TPSA) is 37.3 Å². The summed E-state index contributed by atoms with van der Waals surface area (Å²) in [6, 6.07) is 0. The van der Waals surface area contributed by atoms with Crippen LogP contribution in [0.1, 0.15) is 45.4 Å². The minimum atomic E-state index is -4.26. The molecule has 1 N–H and O–H groups in total. The summed E-state index contributed by atoms with van der Waals surface area (Å²) in [5.74, 6) is -0.556. The molecule has 0 aromatic rings. The van der Waals surface area contributed by atoms with Gasteiger partial charge in [0, 0.05) is 5.75 Å². The molecule has 1 fully saturated rings. The third-order valence-corrected chi connectivity index (χ3v) is 4.68. The van der Waals surface area contributed by atoms with E-state index in [0.29, 0.717) is 18.8 Å². The molecule has 0 saturated heterocycles. The molecule has 1 rings (SSSR count). The van der Waals surface area contributed by atoms with E-state index >= 15 is 0 Å². The van der Waals surface area contributed by atoms with Gasteiger partial charge in [-0.2, -0.15) is 13.2 Å². The molecule has 0 amide bonds. The molecule has 0 radical (unpaired) electrons. The summed E-state index contributed by atoms with van der Waals surface area (Å²) in [5.41, 5.74) is -5.19. The lowest BCUT2D eigenvalue weighted by molar-refractivity contribution is -0.151. The van der Waals surface area contributed by atoms with Crippen molar-refractivity contribution in [3.05, 3.63) is 0 Å². The maximum atomic E-state index is 12.1. The highest BCUT2D eigenvalue weighted by molar-refractivity contribution is 8.00. The Morgan fingerprint density at radius 3 is 2.33 bits per heavy atom. The summed E-state index contributed by atoms with van der Waals surface area (Å²) in [4.78, 5) is 11.3. The highest BCUT2D eigenvalue weighted by Crippen LogP contribution is 2.44. The Balaban J connectivity index is 2.53. The molecule has 0 spiro atoms. The van der Waals surface area contributed by atoms with Crippen molar-refractivity contribution in [2.24, 2.45) is 11.3 Å². The molecule has 106 valence electrons. The Morgan fingerprint density at radius 2 is 1.94 bits per heavy atom. The molecular formula is C12H19F3O2S. The number of aliphatic carboxylic acids is 1. The Kier molecular flexibility index (Phi) is 5.37. The summed E-state index contributed by atoms with van der Waals surface area (Å²) in [6.07, 6.45) is 3.80. The Labute approximate surface area is 109 Å². The van der Waals surface area contributed by atoms with Crippen molar-refractivity contribution in [3.63, 3.8) is 0 Å².